The van der Waals surface area contributed by atoms with Crippen LogP contribution in [-0.4, -0.2) is 22.2 Å². The molecular formula is C18H26O4. The molecule has 4 heteroatoms. The Kier molecular flexibility index (Phi) is 4.48. The third-order valence-electron chi connectivity index (χ3n) is 4.30. The van der Waals surface area contributed by atoms with E-state index in [0.717, 1.165) is 5.56 Å². The van der Waals surface area contributed by atoms with E-state index in [9.17, 15) is 19.8 Å². The van der Waals surface area contributed by atoms with Crippen molar-refractivity contribution in [3.05, 3.63) is 34.9 Å². The van der Waals surface area contributed by atoms with E-state index in [-0.39, 0.29) is 5.41 Å². The molecule has 22 heavy (non-hydrogen) atoms. The fourth-order valence-corrected chi connectivity index (χ4v) is 2.30. The Morgan fingerprint density at radius 3 is 1.55 bits per heavy atom. The third-order valence-corrected chi connectivity index (χ3v) is 4.30. The molecule has 0 aliphatic rings. The van der Waals surface area contributed by atoms with Crippen LogP contribution in [0, 0.1) is 0 Å². The van der Waals surface area contributed by atoms with Gasteiger partial charge in [-0.3, -0.25) is 9.59 Å². The Bertz CT molecular complexity index is 604. The van der Waals surface area contributed by atoms with E-state index >= 15 is 0 Å². The molecule has 0 heterocycles. The van der Waals surface area contributed by atoms with Gasteiger partial charge >= 0.3 is 11.9 Å². The monoisotopic (exact) mass is 306 g/mol. The van der Waals surface area contributed by atoms with Crippen LogP contribution in [0.15, 0.2) is 18.2 Å². The second-order valence-electron chi connectivity index (χ2n) is 7.87. The van der Waals surface area contributed by atoms with Crippen molar-refractivity contribution in [3.8, 4) is 0 Å². The predicted molar refractivity (Wildman–Crippen MR) is 86.5 cm³/mol. The van der Waals surface area contributed by atoms with Crippen molar-refractivity contribution in [2.75, 3.05) is 0 Å². The largest absolute Gasteiger partial charge is 0.481 e. The zero-order chi connectivity index (χ0) is 17.5. The summed E-state index contributed by atoms with van der Waals surface area (Å²) in [6.45, 7) is 12.6. The lowest BCUT2D eigenvalue weighted by atomic mass is 9.71. The van der Waals surface area contributed by atoms with Crippen molar-refractivity contribution < 1.29 is 19.8 Å². The van der Waals surface area contributed by atoms with E-state index in [1.54, 1.807) is 33.8 Å². The minimum Gasteiger partial charge on any atom is -0.481 e. The Morgan fingerprint density at radius 1 is 0.773 bits per heavy atom. The van der Waals surface area contributed by atoms with Gasteiger partial charge in [-0.15, -0.1) is 0 Å². The van der Waals surface area contributed by atoms with Crippen molar-refractivity contribution in [3.63, 3.8) is 0 Å². The highest BCUT2D eigenvalue weighted by atomic mass is 16.4. The van der Waals surface area contributed by atoms with Crippen LogP contribution in [0.2, 0.25) is 0 Å². The van der Waals surface area contributed by atoms with E-state index in [2.05, 4.69) is 0 Å². The number of rotatable bonds is 4. The fourth-order valence-electron chi connectivity index (χ4n) is 2.30. The van der Waals surface area contributed by atoms with Gasteiger partial charge < -0.3 is 10.2 Å². The van der Waals surface area contributed by atoms with Gasteiger partial charge in [0.25, 0.3) is 0 Å². The summed E-state index contributed by atoms with van der Waals surface area (Å²) >= 11 is 0. The Balaban J connectivity index is 3.74. The molecule has 4 nitrogen and oxygen atoms in total. The number of benzene rings is 1. The molecule has 0 aliphatic carbocycles. The Morgan fingerprint density at radius 2 is 1.18 bits per heavy atom. The molecule has 0 saturated carbocycles. The second kappa shape index (κ2) is 5.41. The van der Waals surface area contributed by atoms with Gasteiger partial charge in [0, 0.05) is 0 Å². The fraction of sp³-hybridized carbons (Fsp3) is 0.556. The molecule has 0 bridgehead atoms. The summed E-state index contributed by atoms with van der Waals surface area (Å²) in [5, 5.41) is 19.1. The predicted octanol–water partition coefficient (Wildman–Crippen LogP) is 3.71. The van der Waals surface area contributed by atoms with Gasteiger partial charge in [-0.2, -0.15) is 0 Å². The van der Waals surface area contributed by atoms with Crippen LogP contribution < -0.4 is 0 Å². The smallest absolute Gasteiger partial charge is 0.313 e. The molecule has 0 amide bonds. The highest BCUT2D eigenvalue weighted by Crippen LogP contribution is 2.37. The van der Waals surface area contributed by atoms with Gasteiger partial charge in [0.2, 0.25) is 0 Å². The summed E-state index contributed by atoms with van der Waals surface area (Å²) < 4.78 is 0. The van der Waals surface area contributed by atoms with Crippen molar-refractivity contribution in [2.45, 2.75) is 64.7 Å². The molecule has 2 N–H and O–H groups in total. The molecule has 0 fully saturated rings. The Labute approximate surface area is 132 Å². The lowest BCUT2D eigenvalue weighted by Gasteiger charge is -2.32. The minimum atomic E-state index is -1.16. The lowest BCUT2D eigenvalue weighted by molar-refractivity contribution is -0.144. The lowest BCUT2D eigenvalue weighted by Crippen LogP contribution is -2.36. The number of aliphatic carboxylic acids is 2. The first kappa shape index (κ1) is 18.2. The summed E-state index contributed by atoms with van der Waals surface area (Å²) in [4.78, 5) is 23.3. The standard InChI is InChI=1S/C18H26O4/c1-16(2,3)11-8-9-12(17(4,5)14(19)20)13(10-11)18(6,7)15(21)22/h8-10H,1-7H3,(H,19,20)(H,21,22). The quantitative estimate of drug-likeness (QED) is 0.889. The van der Waals surface area contributed by atoms with Crippen molar-refractivity contribution in [1.29, 1.82) is 0 Å². The van der Waals surface area contributed by atoms with Crippen LogP contribution in [0.1, 0.15) is 65.2 Å². The van der Waals surface area contributed by atoms with Crippen molar-refractivity contribution in [1.82, 2.24) is 0 Å². The first-order valence-corrected chi connectivity index (χ1v) is 7.34. The van der Waals surface area contributed by atoms with Gasteiger partial charge in [-0.1, -0.05) is 39.0 Å². The first-order valence-electron chi connectivity index (χ1n) is 7.34. The maximum Gasteiger partial charge on any atom is 0.313 e. The number of carboxylic acid groups (broad SMARTS) is 2. The van der Waals surface area contributed by atoms with Crippen LogP contribution in [0.4, 0.5) is 0 Å². The maximum atomic E-state index is 11.7. The zero-order valence-electron chi connectivity index (χ0n) is 14.4. The van der Waals surface area contributed by atoms with Crippen molar-refractivity contribution >= 4 is 11.9 Å². The van der Waals surface area contributed by atoms with Gasteiger partial charge in [0.15, 0.2) is 0 Å². The SMILES string of the molecule is CC(C)(C)c1ccc(C(C)(C)C(=O)O)c(C(C)(C)C(=O)O)c1. The zero-order valence-corrected chi connectivity index (χ0v) is 14.4. The van der Waals surface area contributed by atoms with E-state index in [1.165, 1.54) is 0 Å². The third kappa shape index (κ3) is 3.16. The van der Waals surface area contributed by atoms with E-state index in [0.29, 0.717) is 11.1 Å². The summed E-state index contributed by atoms with van der Waals surface area (Å²) in [5.41, 5.74) is -0.376. The van der Waals surface area contributed by atoms with E-state index in [4.69, 9.17) is 0 Å². The van der Waals surface area contributed by atoms with Gasteiger partial charge in [-0.05, 0) is 49.8 Å². The van der Waals surface area contributed by atoms with Crippen molar-refractivity contribution in [2.24, 2.45) is 0 Å². The average molecular weight is 306 g/mol. The van der Waals surface area contributed by atoms with Gasteiger partial charge in [-0.25, -0.2) is 0 Å². The highest BCUT2D eigenvalue weighted by molar-refractivity contribution is 5.85. The topological polar surface area (TPSA) is 74.6 Å². The summed E-state index contributed by atoms with van der Waals surface area (Å²) in [6, 6.07) is 5.49. The molecule has 0 spiro atoms. The van der Waals surface area contributed by atoms with E-state index in [1.807, 2.05) is 32.9 Å². The molecule has 1 aromatic rings. The first-order chi connectivity index (χ1) is 9.72. The van der Waals surface area contributed by atoms with Gasteiger partial charge in [0.1, 0.15) is 0 Å². The molecule has 0 radical (unpaired) electrons. The number of hydrogen-bond donors (Lipinski definition) is 2. The number of hydrogen-bond acceptors (Lipinski definition) is 2. The molecule has 0 aromatic heterocycles. The van der Waals surface area contributed by atoms with E-state index < -0.39 is 22.8 Å². The summed E-state index contributed by atoms with van der Waals surface area (Å²) in [5.74, 6) is -1.94. The molecule has 0 saturated heterocycles. The minimum absolute atomic E-state index is 0.144. The molecule has 1 rings (SSSR count). The van der Waals surface area contributed by atoms with Crippen LogP contribution in [0.3, 0.4) is 0 Å². The van der Waals surface area contributed by atoms with Crippen LogP contribution in [0.25, 0.3) is 0 Å². The van der Waals surface area contributed by atoms with Crippen LogP contribution in [0.5, 0.6) is 0 Å². The number of carbonyl (C=O) groups is 2. The highest BCUT2D eigenvalue weighted by Gasteiger charge is 2.39. The summed E-state index contributed by atoms with van der Waals surface area (Å²) in [7, 11) is 0. The Hall–Kier alpha value is -1.84. The van der Waals surface area contributed by atoms with Crippen LogP contribution in [-0.2, 0) is 25.8 Å². The maximum absolute atomic E-state index is 11.7. The molecule has 122 valence electrons. The molecule has 0 atom stereocenters. The molecule has 0 unspecified atom stereocenters. The average Bonchev–Trinajstić information content (AvgIpc) is 2.36. The second-order valence-corrected chi connectivity index (χ2v) is 7.87. The normalized spacial score (nSPS) is 13.0. The summed E-state index contributed by atoms with van der Waals surface area (Å²) in [6.07, 6.45) is 0. The van der Waals surface area contributed by atoms with Gasteiger partial charge in [0.05, 0.1) is 10.8 Å². The molecule has 1 aromatic carbocycles. The van der Waals surface area contributed by atoms with Crippen LogP contribution >= 0.6 is 0 Å². The molecular weight excluding hydrogens is 280 g/mol. The number of carboxylic acids is 2. The molecule has 0 aliphatic heterocycles.